The highest BCUT2D eigenvalue weighted by molar-refractivity contribution is 7.89. The fraction of sp³-hybridized carbons (Fsp3) is 1.00. The van der Waals surface area contributed by atoms with Crippen molar-refractivity contribution in [1.29, 1.82) is 0 Å². The first kappa shape index (κ1) is 13.8. The van der Waals surface area contributed by atoms with E-state index in [1.807, 2.05) is 0 Å². The van der Waals surface area contributed by atoms with Crippen LogP contribution in [0.25, 0.3) is 0 Å². The number of nitrogens with one attached hydrogen (secondary N) is 1. The molecule has 0 radical (unpaired) electrons. The van der Waals surface area contributed by atoms with Gasteiger partial charge in [0.05, 0.1) is 0 Å². The van der Waals surface area contributed by atoms with E-state index in [0.717, 1.165) is 0 Å². The second-order valence-electron chi connectivity index (χ2n) is 1.93. The summed E-state index contributed by atoms with van der Waals surface area (Å²) >= 11 is 0. The van der Waals surface area contributed by atoms with Gasteiger partial charge in [0, 0.05) is 0 Å². The highest BCUT2D eigenvalue weighted by atomic mass is 32.2. The van der Waals surface area contributed by atoms with E-state index >= 15 is 0 Å². The Kier molecular flexibility index (Phi) is 4.04. The molecule has 0 aliphatic carbocycles. The molecule has 0 aromatic carbocycles. The van der Waals surface area contributed by atoms with E-state index in [4.69, 9.17) is 4.55 Å². The Labute approximate surface area is 75.7 Å². The zero-order valence-electron chi connectivity index (χ0n) is 6.15. The van der Waals surface area contributed by atoms with Crippen molar-refractivity contribution in [3.8, 4) is 0 Å². The molecule has 0 amide bonds. The van der Waals surface area contributed by atoms with E-state index in [-0.39, 0.29) is 0 Å². The van der Waals surface area contributed by atoms with Crippen LogP contribution in [0.4, 0.5) is 17.4 Å². The van der Waals surface area contributed by atoms with E-state index in [1.54, 1.807) is 0 Å². The fourth-order valence-electron chi connectivity index (χ4n) is 0.320. The third-order valence-corrected chi connectivity index (χ3v) is 2.88. The van der Waals surface area contributed by atoms with E-state index in [1.165, 1.54) is 0 Å². The lowest BCUT2D eigenvalue weighted by atomic mass is 10.7. The van der Waals surface area contributed by atoms with Gasteiger partial charge in [0.2, 0.25) is 0 Å². The predicted octanol–water partition coefficient (Wildman–Crippen LogP) is 1.04. The van der Waals surface area contributed by atoms with Gasteiger partial charge >= 0.3 is 24.3 Å². The van der Waals surface area contributed by atoms with Crippen molar-refractivity contribution >= 4 is 18.1 Å². The van der Waals surface area contributed by atoms with Crippen LogP contribution in [0.5, 0.6) is 0 Å². The minimum Gasteiger partial charge on any atom is -0.283 e. The average molecular weight is 261 g/mol. The Morgan fingerprint density at radius 2 is 1.86 bits per heavy atom. The van der Waals surface area contributed by atoms with Crippen molar-refractivity contribution in [2.75, 3.05) is 6.61 Å². The zero-order chi connectivity index (χ0) is 11.6. The molecule has 0 rings (SSSR count). The van der Waals surface area contributed by atoms with Crippen LogP contribution in [0.3, 0.4) is 0 Å². The summed E-state index contributed by atoms with van der Waals surface area (Å²) in [6.07, 6.45) is -4.97. The van der Waals surface area contributed by atoms with Gasteiger partial charge in [-0.2, -0.15) is 21.6 Å². The molecule has 6 nitrogen and oxygen atoms in total. The first-order valence-electron chi connectivity index (χ1n) is 2.69. The zero-order valence-corrected chi connectivity index (χ0v) is 7.87. The van der Waals surface area contributed by atoms with Crippen molar-refractivity contribution in [1.82, 2.24) is 4.49 Å². The Bertz CT molecular complexity index is 336. The van der Waals surface area contributed by atoms with E-state index < -0.39 is 30.9 Å². The SMILES string of the molecule is O=P(F)(NS(=O)(=O)O)OCC(F)(F)F. The largest absolute Gasteiger partial charge is 0.458 e. The van der Waals surface area contributed by atoms with Gasteiger partial charge in [-0.1, -0.05) is 4.49 Å². The molecule has 0 aromatic rings. The summed E-state index contributed by atoms with van der Waals surface area (Å²) in [7, 11) is -10.9. The molecule has 0 saturated heterocycles. The minimum atomic E-state index is -5.72. The third kappa shape index (κ3) is 8.38. The predicted molar refractivity (Wildman–Crippen MR) is 35.4 cm³/mol. The molecule has 1 unspecified atom stereocenters. The summed E-state index contributed by atoms with van der Waals surface area (Å²) in [6.45, 7) is -2.25. The topological polar surface area (TPSA) is 92.7 Å². The van der Waals surface area contributed by atoms with Gasteiger partial charge in [0.1, 0.15) is 0 Å². The maximum atomic E-state index is 12.3. The smallest absolute Gasteiger partial charge is 0.283 e. The summed E-state index contributed by atoms with van der Waals surface area (Å²) in [6, 6.07) is 0. The van der Waals surface area contributed by atoms with Gasteiger partial charge in [0.15, 0.2) is 6.61 Å². The summed E-state index contributed by atoms with van der Waals surface area (Å²) in [5.41, 5.74) is 0. The van der Waals surface area contributed by atoms with Gasteiger partial charge in [-0.25, -0.2) is 4.57 Å². The van der Waals surface area contributed by atoms with Crippen LogP contribution in [0.2, 0.25) is 0 Å². The fourth-order valence-corrected chi connectivity index (χ4v) is 1.95. The first-order chi connectivity index (χ1) is 5.91. The second kappa shape index (κ2) is 4.11. The van der Waals surface area contributed by atoms with Gasteiger partial charge in [0.25, 0.3) is 0 Å². The van der Waals surface area contributed by atoms with Gasteiger partial charge in [-0.15, -0.1) is 4.20 Å². The lowest BCUT2D eigenvalue weighted by Crippen LogP contribution is -2.22. The first-order valence-corrected chi connectivity index (χ1v) is 5.64. The molecule has 1 atom stereocenters. The molecule has 2 N–H and O–H groups in total. The van der Waals surface area contributed by atoms with Crippen molar-refractivity contribution in [3.05, 3.63) is 0 Å². The van der Waals surface area contributed by atoms with Crippen LogP contribution in [0, 0.1) is 0 Å². The highest BCUT2D eigenvalue weighted by Crippen LogP contribution is 2.45. The Morgan fingerprint density at radius 1 is 1.43 bits per heavy atom. The maximum Gasteiger partial charge on any atom is 0.458 e. The summed E-state index contributed by atoms with van der Waals surface area (Å²) in [4.78, 5) is 0. The van der Waals surface area contributed by atoms with Crippen molar-refractivity contribution in [2.24, 2.45) is 0 Å². The normalized spacial score (nSPS) is 17.8. The highest BCUT2D eigenvalue weighted by Gasteiger charge is 2.36. The lowest BCUT2D eigenvalue weighted by molar-refractivity contribution is -0.154. The van der Waals surface area contributed by atoms with E-state index in [2.05, 4.69) is 4.52 Å². The molecule has 0 heterocycles. The van der Waals surface area contributed by atoms with Gasteiger partial charge < -0.3 is 0 Å². The lowest BCUT2D eigenvalue weighted by Gasteiger charge is -2.10. The van der Waals surface area contributed by atoms with Crippen molar-refractivity contribution in [2.45, 2.75) is 6.18 Å². The Morgan fingerprint density at radius 3 is 2.14 bits per heavy atom. The summed E-state index contributed by atoms with van der Waals surface area (Å²) in [5.74, 6) is 0. The molecule has 0 saturated carbocycles. The molecule has 0 fully saturated rings. The number of hydrogen-bond donors (Lipinski definition) is 2. The van der Waals surface area contributed by atoms with Crippen LogP contribution < -0.4 is 4.49 Å². The van der Waals surface area contributed by atoms with E-state index in [9.17, 15) is 30.4 Å². The molecule has 0 spiro atoms. The van der Waals surface area contributed by atoms with Gasteiger partial charge in [-0.3, -0.25) is 9.08 Å². The quantitative estimate of drug-likeness (QED) is 0.448. The number of alkyl halides is 3. The molecule has 12 heteroatoms. The number of halogens is 4. The molecular formula is C2H4F4NO5PS. The van der Waals surface area contributed by atoms with Crippen LogP contribution in [-0.4, -0.2) is 25.8 Å². The molecule has 0 aliphatic heterocycles. The molecule has 0 aromatic heterocycles. The van der Waals surface area contributed by atoms with Crippen LogP contribution in [-0.2, 0) is 19.4 Å². The molecular weight excluding hydrogens is 257 g/mol. The van der Waals surface area contributed by atoms with Gasteiger partial charge in [-0.05, 0) is 0 Å². The number of rotatable bonds is 4. The van der Waals surface area contributed by atoms with Crippen LogP contribution >= 0.6 is 7.83 Å². The maximum absolute atomic E-state index is 12.3. The summed E-state index contributed by atoms with van der Waals surface area (Å²) in [5, 5.41) is 0. The van der Waals surface area contributed by atoms with Crippen molar-refractivity contribution < 1.29 is 39.4 Å². The third-order valence-electron chi connectivity index (χ3n) is 0.619. The van der Waals surface area contributed by atoms with Crippen LogP contribution in [0.1, 0.15) is 0 Å². The molecule has 0 aliphatic rings. The molecule has 86 valence electrons. The minimum absolute atomic E-state index is 0.363. The van der Waals surface area contributed by atoms with Crippen LogP contribution in [0.15, 0.2) is 0 Å². The molecule has 0 bridgehead atoms. The molecule has 14 heavy (non-hydrogen) atoms. The Hall–Kier alpha value is -0.220. The standard InChI is InChI=1S/C2H4F4NO5PS/c3-2(4,5)1-12-13(6,8)7-14(9,10)11/h1H2,(H,7,8)(H,9,10,11). The monoisotopic (exact) mass is 261 g/mol. The average Bonchev–Trinajstić information content (AvgIpc) is 1.76. The van der Waals surface area contributed by atoms with Crippen molar-refractivity contribution in [3.63, 3.8) is 0 Å². The van der Waals surface area contributed by atoms with E-state index in [0.29, 0.717) is 4.49 Å². The number of hydrogen-bond acceptors (Lipinski definition) is 4. The Balaban J connectivity index is 4.31. The summed E-state index contributed by atoms with van der Waals surface area (Å²) < 4.78 is 87.6. The second-order valence-corrected chi connectivity index (χ2v) is 4.83.